The standard InChI is InChI=1S/C28H32ClN3O4S/c1-19-9-13-25(14-10-19)37(35,36)32(26-16-24(29)12-11-21(26)3)18-27(33)31(22(4)28(34)30-5)17-23-8-6-7-20(2)15-23/h6-16,22H,17-18H2,1-5H3,(H,30,34)/t22-/m1/s1. The summed E-state index contributed by atoms with van der Waals surface area (Å²) >= 11 is 6.24. The van der Waals surface area contributed by atoms with E-state index in [1.54, 1.807) is 38.1 Å². The van der Waals surface area contributed by atoms with Gasteiger partial charge in [0.05, 0.1) is 10.6 Å². The highest BCUT2D eigenvalue weighted by Crippen LogP contribution is 2.30. The number of nitrogens with one attached hydrogen (secondary N) is 1. The molecular formula is C28H32ClN3O4S. The van der Waals surface area contributed by atoms with Gasteiger partial charge >= 0.3 is 0 Å². The van der Waals surface area contributed by atoms with Crippen LogP contribution < -0.4 is 9.62 Å². The number of nitrogens with zero attached hydrogens (tertiary/aromatic N) is 2. The molecule has 0 bridgehead atoms. The van der Waals surface area contributed by atoms with Crippen molar-refractivity contribution in [3.05, 3.63) is 94.0 Å². The van der Waals surface area contributed by atoms with E-state index in [-0.39, 0.29) is 17.3 Å². The van der Waals surface area contributed by atoms with Crippen molar-refractivity contribution in [3.63, 3.8) is 0 Å². The monoisotopic (exact) mass is 541 g/mol. The summed E-state index contributed by atoms with van der Waals surface area (Å²) in [5, 5.41) is 2.92. The summed E-state index contributed by atoms with van der Waals surface area (Å²) in [5.74, 6) is -0.874. The number of carbonyl (C=O) groups is 2. The Balaban J connectivity index is 2.08. The van der Waals surface area contributed by atoms with Crippen LogP contribution in [-0.4, -0.2) is 44.8 Å². The van der Waals surface area contributed by atoms with Gasteiger partial charge in [0.2, 0.25) is 11.8 Å². The normalized spacial score (nSPS) is 12.1. The smallest absolute Gasteiger partial charge is 0.264 e. The molecule has 0 aromatic heterocycles. The lowest BCUT2D eigenvalue weighted by molar-refractivity contribution is -0.139. The molecule has 0 aliphatic carbocycles. The summed E-state index contributed by atoms with van der Waals surface area (Å²) in [5.41, 5.74) is 3.68. The third-order valence-corrected chi connectivity index (χ3v) is 8.19. The average molecular weight is 542 g/mol. The summed E-state index contributed by atoms with van der Waals surface area (Å²) in [7, 11) is -2.65. The van der Waals surface area contributed by atoms with E-state index in [2.05, 4.69) is 5.32 Å². The van der Waals surface area contributed by atoms with Crippen molar-refractivity contribution in [3.8, 4) is 0 Å². The molecule has 2 amide bonds. The van der Waals surface area contributed by atoms with Crippen LogP contribution in [0, 0.1) is 20.8 Å². The summed E-state index contributed by atoms with van der Waals surface area (Å²) in [4.78, 5) is 27.8. The number of amides is 2. The molecule has 7 nitrogen and oxygen atoms in total. The van der Waals surface area contributed by atoms with Crippen molar-refractivity contribution < 1.29 is 18.0 Å². The van der Waals surface area contributed by atoms with E-state index >= 15 is 0 Å². The van der Waals surface area contributed by atoms with Crippen molar-refractivity contribution in [1.82, 2.24) is 10.2 Å². The molecule has 0 heterocycles. The molecule has 1 N–H and O–H groups in total. The Hall–Kier alpha value is -3.36. The summed E-state index contributed by atoms with van der Waals surface area (Å²) in [6.45, 7) is 6.81. The predicted molar refractivity (Wildman–Crippen MR) is 147 cm³/mol. The van der Waals surface area contributed by atoms with E-state index in [4.69, 9.17) is 11.6 Å². The first-order valence-corrected chi connectivity index (χ1v) is 13.7. The molecule has 0 saturated carbocycles. The number of halogens is 1. The number of hydrogen-bond donors (Lipinski definition) is 1. The maximum atomic E-state index is 13.9. The van der Waals surface area contributed by atoms with E-state index in [1.165, 1.54) is 30.1 Å². The Kier molecular flexibility index (Phi) is 8.99. The van der Waals surface area contributed by atoms with Gasteiger partial charge in [-0.2, -0.15) is 0 Å². The van der Waals surface area contributed by atoms with Crippen molar-refractivity contribution in [1.29, 1.82) is 0 Å². The van der Waals surface area contributed by atoms with E-state index < -0.39 is 28.5 Å². The lowest BCUT2D eigenvalue weighted by Gasteiger charge is -2.32. The minimum Gasteiger partial charge on any atom is -0.357 e. The molecule has 3 aromatic rings. The van der Waals surface area contributed by atoms with Crippen molar-refractivity contribution in [2.24, 2.45) is 0 Å². The number of benzene rings is 3. The lowest BCUT2D eigenvalue weighted by atomic mass is 10.1. The van der Waals surface area contributed by atoms with Crippen LogP contribution in [0.3, 0.4) is 0 Å². The van der Waals surface area contributed by atoms with E-state index in [0.29, 0.717) is 16.3 Å². The molecule has 0 radical (unpaired) electrons. The summed E-state index contributed by atoms with van der Waals surface area (Å²) in [6, 6.07) is 18.1. The van der Waals surface area contributed by atoms with Gasteiger partial charge in [-0.15, -0.1) is 0 Å². The molecule has 0 unspecified atom stereocenters. The first kappa shape index (κ1) is 28.2. The molecular weight excluding hydrogens is 510 g/mol. The van der Waals surface area contributed by atoms with Crippen molar-refractivity contribution >= 4 is 39.1 Å². The number of hydrogen-bond acceptors (Lipinski definition) is 4. The van der Waals surface area contributed by atoms with Gasteiger partial charge in [0.1, 0.15) is 12.6 Å². The Morgan fingerprint density at radius 1 is 0.946 bits per heavy atom. The number of carbonyl (C=O) groups excluding carboxylic acids is 2. The molecule has 0 fully saturated rings. The number of aryl methyl sites for hydroxylation is 3. The molecule has 3 rings (SSSR count). The van der Waals surface area contributed by atoms with Crippen LogP contribution in [0.15, 0.2) is 71.6 Å². The molecule has 0 saturated heterocycles. The second kappa shape index (κ2) is 11.8. The fraction of sp³-hybridized carbons (Fsp3) is 0.286. The third-order valence-electron chi connectivity index (χ3n) is 6.18. The highest BCUT2D eigenvalue weighted by Gasteiger charge is 2.33. The second-order valence-corrected chi connectivity index (χ2v) is 11.4. The van der Waals surface area contributed by atoms with Crippen LogP contribution >= 0.6 is 11.6 Å². The Morgan fingerprint density at radius 3 is 2.24 bits per heavy atom. The minimum atomic E-state index is -4.14. The molecule has 1 atom stereocenters. The fourth-order valence-electron chi connectivity index (χ4n) is 4.00. The highest BCUT2D eigenvalue weighted by molar-refractivity contribution is 7.92. The molecule has 37 heavy (non-hydrogen) atoms. The van der Waals surface area contributed by atoms with Crippen LogP contribution in [0.1, 0.15) is 29.2 Å². The Morgan fingerprint density at radius 2 is 1.62 bits per heavy atom. The first-order chi connectivity index (χ1) is 17.4. The zero-order valence-corrected chi connectivity index (χ0v) is 23.2. The topological polar surface area (TPSA) is 86.8 Å². The zero-order valence-electron chi connectivity index (χ0n) is 21.7. The Labute approximate surface area is 224 Å². The molecule has 0 spiro atoms. The number of sulfonamides is 1. The van der Waals surface area contributed by atoms with Gasteiger partial charge in [0.25, 0.3) is 10.0 Å². The average Bonchev–Trinajstić information content (AvgIpc) is 2.86. The Bertz CT molecular complexity index is 1390. The van der Waals surface area contributed by atoms with E-state index in [9.17, 15) is 18.0 Å². The van der Waals surface area contributed by atoms with Crippen LogP contribution in [0.5, 0.6) is 0 Å². The second-order valence-electron chi connectivity index (χ2n) is 9.06. The largest absolute Gasteiger partial charge is 0.357 e. The third kappa shape index (κ3) is 6.70. The van der Waals surface area contributed by atoms with Crippen LogP contribution in [0.4, 0.5) is 5.69 Å². The summed E-state index contributed by atoms with van der Waals surface area (Å²) in [6.07, 6.45) is 0. The van der Waals surface area contributed by atoms with Crippen LogP contribution in [0.2, 0.25) is 5.02 Å². The fourth-order valence-corrected chi connectivity index (χ4v) is 5.64. The maximum Gasteiger partial charge on any atom is 0.264 e. The quantitative estimate of drug-likeness (QED) is 0.428. The zero-order chi connectivity index (χ0) is 27.3. The van der Waals surface area contributed by atoms with Crippen LogP contribution in [-0.2, 0) is 26.2 Å². The maximum absolute atomic E-state index is 13.9. The molecule has 0 aliphatic rings. The van der Waals surface area contributed by atoms with Crippen molar-refractivity contribution in [2.75, 3.05) is 17.9 Å². The molecule has 9 heteroatoms. The highest BCUT2D eigenvalue weighted by atomic mass is 35.5. The van der Waals surface area contributed by atoms with Gasteiger partial charge in [-0.05, 0) is 63.1 Å². The molecule has 196 valence electrons. The van der Waals surface area contributed by atoms with E-state index in [0.717, 1.165) is 21.0 Å². The molecule has 0 aliphatic heterocycles. The number of rotatable bonds is 9. The predicted octanol–water partition coefficient (Wildman–Crippen LogP) is 4.62. The van der Waals surface area contributed by atoms with Gasteiger partial charge in [-0.1, -0.05) is 65.2 Å². The van der Waals surface area contributed by atoms with Crippen molar-refractivity contribution in [2.45, 2.75) is 45.2 Å². The van der Waals surface area contributed by atoms with Gasteiger partial charge in [-0.3, -0.25) is 13.9 Å². The lowest BCUT2D eigenvalue weighted by Crippen LogP contribution is -2.50. The number of anilines is 1. The molecule has 3 aromatic carbocycles. The number of likely N-dealkylation sites (N-methyl/N-ethyl adjacent to an activating group) is 1. The van der Waals surface area contributed by atoms with E-state index in [1.807, 2.05) is 38.1 Å². The van der Waals surface area contributed by atoms with Gasteiger partial charge < -0.3 is 10.2 Å². The van der Waals surface area contributed by atoms with Gasteiger partial charge in [0, 0.05) is 18.6 Å². The van der Waals surface area contributed by atoms with Gasteiger partial charge in [-0.25, -0.2) is 8.42 Å². The SMILES string of the molecule is CNC(=O)[C@@H](C)N(Cc1cccc(C)c1)C(=O)CN(c1cc(Cl)ccc1C)S(=O)(=O)c1ccc(C)cc1. The van der Waals surface area contributed by atoms with Crippen LogP contribution in [0.25, 0.3) is 0 Å². The summed E-state index contributed by atoms with van der Waals surface area (Å²) < 4.78 is 28.8. The van der Waals surface area contributed by atoms with Gasteiger partial charge in [0.15, 0.2) is 0 Å². The first-order valence-electron chi connectivity index (χ1n) is 11.9. The minimum absolute atomic E-state index is 0.0508.